The lowest BCUT2D eigenvalue weighted by Crippen LogP contribution is -1.95. The minimum absolute atomic E-state index is 0.0798. The average Bonchev–Trinajstić information content (AvgIpc) is 2.53. The van der Waals surface area contributed by atoms with E-state index in [1.54, 1.807) is 12.1 Å². The van der Waals surface area contributed by atoms with Crippen molar-refractivity contribution in [2.45, 2.75) is 13.0 Å². The van der Waals surface area contributed by atoms with Crippen LogP contribution in [-0.4, -0.2) is 5.11 Å². The summed E-state index contributed by atoms with van der Waals surface area (Å²) in [7, 11) is 0. The van der Waals surface area contributed by atoms with E-state index in [4.69, 9.17) is 34.8 Å². The first-order valence-electron chi connectivity index (χ1n) is 6.84. The number of fused-ring (bicyclic) bond motifs is 1. The summed E-state index contributed by atoms with van der Waals surface area (Å²) in [6.45, 7) is -0.0798. The highest BCUT2D eigenvalue weighted by Gasteiger charge is 2.12. The Morgan fingerprint density at radius 3 is 2.05 bits per heavy atom. The molecule has 1 nitrogen and oxygen atoms in total. The third-order valence-electron chi connectivity index (χ3n) is 3.71. The molecule has 3 aromatic carbocycles. The summed E-state index contributed by atoms with van der Waals surface area (Å²) in [5.41, 5.74) is 2.67. The Kier molecular flexibility index (Phi) is 4.60. The van der Waals surface area contributed by atoms with Crippen LogP contribution in [0, 0.1) is 0 Å². The second-order valence-electron chi connectivity index (χ2n) is 5.13. The van der Waals surface area contributed by atoms with Gasteiger partial charge >= 0.3 is 0 Å². The van der Waals surface area contributed by atoms with E-state index >= 15 is 0 Å². The number of hydrogen-bond acceptors (Lipinski definition) is 1. The average molecular weight is 352 g/mol. The van der Waals surface area contributed by atoms with Gasteiger partial charge in [0.1, 0.15) is 0 Å². The normalized spacial score (nSPS) is 11.1. The van der Waals surface area contributed by atoms with E-state index < -0.39 is 0 Å². The van der Waals surface area contributed by atoms with Gasteiger partial charge in [-0.1, -0.05) is 65.1 Å². The zero-order chi connectivity index (χ0) is 15.7. The highest BCUT2D eigenvalue weighted by Crippen LogP contribution is 2.33. The summed E-state index contributed by atoms with van der Waals surface area (Å²) in [5, 5.41) is 13.2. The summed E-state index contributed by atoms with van der Waals surface area (Å²) >= 11 is 18.9. The number of aliphatic hydroxyl groups excluding tert-OH is 1. The molecule has 0 radical (unpaired) electrons. The Morgan fingerprint density at radius 2 is 1.41 bits per heavy atom. The predicted molar refractivity (Wildman–Crippen MR) is 94.1 cm³/mol. The summed E-state index contributed by atoms with van der Waals surface area (Å²) in [5.74, 6) is 0. The number of rotatable bonds is 3. The number of benzene rings is 3. The topological polar surface area (TPSA) is 20.2 Å². The molecular formula is C18H13Cl3O. The minimum atomic E-state index is -0.0798. The Bertz CT molecular complexity index is 820. The van der Waals surface area contributed by atoms with Gasteiger partial charge in [0.15, 0.2) is 0 Å². The van der Waals surface area contributed by atoms with E-state index in [-0.39, 0.29) is 6.61 Å². The van der Waals surface area contributed by atoms with Crippen LogP contribution in [0.4, 0.5) is 0 Å². The number of aliphatic hydroxyl groups is 1. The molecule has 0 saturated heterocycles. The molecule has 112 valence electrons. The maximum absolute atomic E-state index is 9.21. The van der Waals surface area contributed by atoms with Crippen LogP contribution in [0.15, 0.2) is 48.5 Å². The second kappa shape index (κ2) is 6.47. The first-order valence-corrected chi connectivity index (χ1v) is 7.97. The molecule has 3 aromatic rings. The van der Waals surface area contributed by atoms with E-state index in [1.165, 1.54) is 0 Å². The van der Waals surface area contributed by atoms with Gasteiger partial charge in [-0.25, -0.2) is 0 Å². The van der Waals surface area contributed by atoms with Gasteiger partial charge in [0.25, 0.3) is 0 Å². The van der Waals surface area contributed by atoms with Crippen LogP contribution in [0.2, 0.25) is 15.1 Å². The minimum Gasteiger partial charge on any atom is -0.392 e. The van der Waals surface area contributed by atoms with Crippen LogP contribution in [-0.2, 0) is 13.0 Å². The molecule has 0 aliphatic carbocycles. The standard InChI is InChI=1S/C18H13Cl3O/c19-16-6-5-12(13-3-1-2-4-14(13)16)9-15-17(20)7-11(10-22)8-18(15)21/h1-8,22H,9-10H2. The van der Waals surface area contributed by atoms with Crippen LogP contribution in [0.5, 0.6) is 0 Å². The van der Waals surface area contributed by atoms with Gasteiger partial charge in [0.05, 0.1) is 6.61 Å². The van der Waals surface area contributed by atoms with Gasteiger partial charge in [0, 0.05) is 26.9 Å². The van der Waals surface area contributed by atoms with Crippen molar-refractivity contribution in [2.24, 2.45) is 0 Å². The Labute approximate surface area is 144 Å². The van der Waals surface area contributed by atoms with E-state index in [0.29, 0.717) is 22.0 Å². The van der Waals surface area contributed by atoms with Gasteiger partial charge in [-0.3, -0.25) is 0 Å². The molecule has 0 bridgehead atoms. The first kappa shape index (κ1) is 15.6. The Morgan fingerprint density at radius 1 is 0.773 bits per heavy atom. The predicted octanol–water partition coefficient (Wildman–Crippen LogP) is 5.88. The van der Waals surface area contributed by atoms with Gasteiger partial charge in [-0.15, -0.1) is 0 Å². The highest BCUT2D eigenvalue weighted by molar-refractivity contribution is 6.36. The van der Waals surface area contributed by atoms with Crippen molar-refractivity contribution in [2.75, 3.05) is 0 Å². The van der Waals surface area contributed by atoms with E-state index in [1.807, 2.05) is 36.4 Å². The van der Waals surface area contributed by atoms with Crippen LogP contribution in [0.3, 0.4) is 0 Å². The molecule has 4 heteroatoms. The van der Waals surface area contributed by atoms with Crippen molar-refractivity contribution in [1.29, 1.82) is 0 Å². The molecule has 0 aliphatic rings. The van der Waals surface area contributed by atoms with Crippen molar-refractivity contribution in [3.8, 4) is 0 Å². The molecular weight excluding hydrogens is 339 g/mol. The van der Waals surface area contributed by atoms with Crippen LogP contribution < -0.4 is 0 Å². The molecule has 0 aliphatic heterocycles. The number of hydrogen-bond donors (Lipinski definition) is 1. The maximum Gasteiger partial charge on any atom is 0.0682 e. The summed E-state index contributed by atoms with van der Waals surface area (Å²) in [6.07, 6.45) is 0.612. The lowest BCUT2D eigenvalue weighted by atomic mass is 9.97. The fraction of sp³-hybridized carbons (Fsp3) is 0.111. The van der Waals surface area contributed by atoms with Gasteiger partial charge < -0.3 is 5.11 Å². The summed E-state index contributed by atoms with van der Waals surface area (Å²) in [4.78, 5) is 0. The summed E-state index contributed by atoms with van der Waals surface area (Å²) < 4.78 is 0. The second-order valence-corrected chi connectivity index (χ2v) is 6.35. The molecule has 0 spiro atoms. The zero-order valence-corrected chi connectivity index (χ0v) is 13.9. The molecule has 22 heavy (non-hydrogen) atoms. The van der Waals surface area contributed by atoms with Crippen molar-refractivity contribution in [3.05, 3.63) is 80.3 Å². The van der Waals surface area contributed by atoms with Gasteiger partial charge in [0.2, 0.25) is 0 Å². The van der Waals surface area contributed by atoms with Gasteiger partial charge in [-0.05, 0) is 40.3 Å². The van der Waals surface area contributed by atoms with Crippen molar-refractivity contribution >= 4 is 45.6 Å². The quantitative estimate of drug-likeness (QED) is 0.624. The zero-order valence-electron chi connectivity index (χ0n) is 11.6. The molecule has 0 heterocycles. The number of halogens is 3. The molecule has 3 rings (SSSR count). The van der Waals surface area contributed by atoms with E-state index in [9.17, 15) is 5.11 Å². The van der Waals surface area contributed by atoms with Crippen LogP contribution in [0.1, 0.15) is 16.7 Å². The van der Waals surface area contributed by atoms with E-state index in [2.05, 4.69) is 0 Å². The smallest absolute Gasteiger partial charge is 0.0682 e. The lowest BCUT2D eigenvalue weighted by molar-refractivity contribution is 0.282. The highest BCUT2D eigenvalue weighted by atomic mass is 35.5. The third kappa shape index (κ3) is 2.95. The van der Waals surface area contributed by atoms with Crippen LogP contribution >= 0.6 is 34.8 Å². The molecule has 0 atom stereocenters. The lowest BCUT2D eigenvalue weighted by Gasteiger charge is -2.12. The van der Waals surface area contributed by atoms with Crippen LogP contribution in [0.25, 0.3) is 10.8 Å². The monoisotopic (exact) mass is 350 g/mol. The fourth-order valence-corrected chi connectivity index (χ4v) is 3.48. The SMILES string of the molecule is OCc1cc(Cl)c(Cc2ccc(Cl)c3ccccc23)c(Cl)c1. The largest absolute Gasteiger partial charge is 0.392 e. The molecule has 0 amide bonds. The maximum atomic E-state index is 9.21. The third-order valence-corrected chi connectivity index (χ3v) is 4.72. The Balaban J connectivity index is 2.10. The molecule has 0 aromatic heterocycles. The molecule has 0 unspecified atom stereocenters. The molecule has 1 N–H and O–H groups in total. The van der Waals surface area contributed by atoms with E-state index in [0.717, 1.165) is 26.9 Å². The molecule has 0 saturated carbocycles. The first-order chi connectivity index (χ1) is 10.6. The van der Waals surface area contributed by atoms with Crippen molar-refractivity contribution < 1.29 is 5.11 Å². The molecule has 0 fully saturated rings. The van der Waals surface area contributed by atoms with Crippen molar-refractivity contribution in [3.63, 3.8) is 0 Å². The summed E-state index contributed by atoms with van der Waals surface area (Å²) in [6, 6.07) is 15.4. The fourth-order valence-electron chi connectivity index (χ4n) is 2.58. The van der Waals surface area contributed by atoms with Crippen molar-refractivity contribution in [1.82, 2.24) is 0 Å². The van der Waals surface area contributed by atoms with Gasteiger partial charge in [-0.2, -0.15) is 0 Å². The Hall–Kier alpha value is -1.25.